The van der Waals surface area contributed by atoms with Gasteiger partial charge in [0.25, 0.3) is 0 Å². The second kappa shape index (κ2) is 7.34. The number of benzene rings is 1. The first-order valence-corrected chi connectivity index (χ1v) is 8.38. The maximum absolute atomic E-state index is 5.97. The van der Waals surface area contributed by atoms with Crippen molar-refractivity contribution in [1.82, 2.24) is 4.90 Å². The van der Waals surface area contributed by atoms with Gasteiger partial charge in [0.1, 0.15) is 11.5 Å². The second-order valence-corrected chi connectivity index (χ2v) is 6.75. The molecule has 0 aromatic heterocycles. The Labute approximate surface area is 133 Å². The van der Waals surface area contributed by atoms with Gasteiger partial charge in [0.15, 0.2) is 6.29 Å². The number of piperidine rings is 1. The molecule has 2 atom stereocenters. The van der Waals surface area contributed by atoms with E-state index in [-0.39, 0.29) is 6.29 Å². The summed E-state index contributed by atoms with van der Waals surface area (Å²) in [6.45, 7) is 6.12. The van der Waals surface area contributed by atoms with Gasteiger partial charge in [0.2, 0.25) is 0 Å². The minimum absolute atomic E-state index is 0.112. The average Bonchev–Trinajstić information content (AvgIpc) is 2.92. The number of rotatable bonds is 5. The van der Waals surface area contributed by atoms with Gasteiger partial charge in [-0.05, 0) is 56.9 Å². The first-order chi connectivity index (χ1) is 10.7. The molecule has 0 bridgehead atoms. The summed E-state index contributed by atoms with van der Waals surface area (Å²) < 4.78 is 17.5. The molecule has 0 radical (unpaired) electrons. The lowest BCUT2D eigenvalue weighted by Crippen LogP contribution is -2.32. The van der Waals surface area contributed by atoms with Gasteiger partial charge in [-0.1, -0.05) is 13.0 Å². The Morgan fingerprint density at radius 3 is 2.73 bits per heavy atom. The summed E-state index contributed by atoms with van der Waals surface area (Å²) >= 11 is 0. The normalized spacial score (nSPS) is 27.0. The van der Waals surface area contributed by atoms with Crippen LogP contribution in [0.5, 0.6) is 11.5 Å². The molecule has 1 aromatic rings. The lowest BCUT2D eigenvalue weighted by Gasteiger charge is -2.28. The predicted octanol–water partition coefficient (Wildman–Crippen LogP) is 3.17. The van der Waals surface area contributed by atoms with Gasteiger partial charge in [0.05, 0.1) is 13.2 Å². The molecule has 4 nitrogen and oxygen atoms in total. The van der Waals surface area contributed by atoms with E-state index in [1.54, 1.807) is 0 Å². The van der Waals surface area contributed by atoms with Gasteiger partial charge in [-0.3, -0.25) is 0 Å². The third-order valence-electron chi connectivity index (χ3n) is 4.56. The summed E-state index contributed by atoms with van der Waals surface area (Å²) in [6.07, 6.45) is 3.29. The zero-order valence-electron chi connectivity index (χ0n) is 13.7. The highest BCUT2D eigenvalue weighted by molar-refractivity contribution is 5.33. The molecule has 0 aliphatic carbocycles. The number of hydrogen-bond acceptors (Lipinski definition) is 4. The summed E-state index contributed by atoms with van der Waals surface area (Å²) in [6, 6.07) is 7.92. The lowest BCUT2D eigenvalue weighted by atomic mass is 9.98. The smallest absolute Gasteiger partial charge is 0.200 e. The Balaban J connectivity index is 1.48. The van der Waals surface area contributed by atoms with Crippen LogP contribution in [-0.2, 0) is 4.74 Å². The molecule has 0 saturated carbocycles. The van der Waals surface area contributed by atoms with E-state index in [1.807, 2.05) is 24.3 Å². The van der Waals surface area contributed by atoms with E-state index in [1.165, 1.54) is 25.9 Å². The summed E-state index contributed by atoms with van der Waals surface area (Å²) in [4.78, 5) is 2.38. The average molecular weight is 305 g/mol. The summed E-state index contributed by atoms with van der Waals surface area (Å²) in [5.74, 6) is 2.97. The quantitative estimate of drug-likeness (QED) is 0.836. The van der Waals surface area contributed by atoms with Gasteiger partial charge in [-0.2, -0.15) is 0 Å². The van der Waals surface area contributed by atoms with E-state index >= 15 is 0 Å². The third kappa shape index (κ3) is 4.37. The fourth-order valence-corrected chi connectivity index (χ4v) is 3.05. The molecular weight excluding hydrogens is 278 g/mol. The van der Waals surface area contributed by atoms with Crippen molar-refractivity contribution in [3.63, 3.8) is 0 Å². The molecule has 122 valence electrons. The Hall–Kier alpha value is -1.26. The number of likely N-dealkylation sites (tertiary alicyclic amines) is 1. The first-order valence-electron chi connectivity index (χ1n) is 8.38. The van der Waals surface area contributed by atoms with Gasteiger partial charge < -0.3 is 19.1 Å². The van der Waals surface area contributed by atoms with Crippen LogP contribution in [0.2, 0.25) is 0 Å². The molecule has 2 saturated heterocycles. The molecule has 2 fully saturated rings. The van der Waals surface area contributed by atoms with Crippen molar-refractivity contribution in [2.75, 3.05) is 33.4 Å². The molecule has 0 N–H and O–H groups in total. The van der Waals surface area contributed by atoms with Crippen LogP contribution in [-0.4, -0.2) is 44.5 Å². The highest BCUT2D eigenvalue weighted by atomic mass is 16.7. The molecular formula is C18H27NO3. The van der Waals surface area contributed by atoms with E-state index in [4.69, 9.17) is 14.2 Å². The van der Waals surface area contributed by atoms with Crippen LogP contribution in [0.3, 0.4) is 0 Å². The van der Waals surface area contributed by atoms with E-state index in [0.717, 1.165) is 31.1 Å². The Morgan fingerprint density at radius 2 is 2.00 bits per heavy atom. The van der Waals surface area contributed by atoms with E-state index in [0.29, 0.717) is 11.8 Å². The summed E-state index contributed by atoms with van der Waals surface area (Å²) in [7, 11) is 2.18. The predicted molar refractivity (Wildman–Crippen MR) is 86.3 cm³/mol. The molecule has 1 aromatic carbocycles. The topological polar surface area (TPSA) is 30.9 Å². The molecule has 0 amide bonds. The van der Waals surface area contributed by atoms with Gasteiger partial charge in [-0.25, -0.2) is 0 Å². The molecule has 4 heteroatoms. The highest BCUT2D eigenvalue weighted by Crippen LogP contribution is 2.26. The standard InChI is InChI=1S/C18H27NO3/c1-14-10-18(21-12-14)22-17-5-3-4-16(11-17)20-13-15-6-8-19(2)9-7-15/h3-5,11,14-15,18H,6-10,12-13H2,1-2H3/t14-,18?/m1/s1. The molecule has 3 rings (SSSR count). The minimum atomic E-state index is -0.112. The number of ether oxygens (including phenoxy) is 3. The fourth-order valence-electron chi connectivity index (χ4n) is 3.05. The summed E-state index contributed by atoms with van der Waals surface area (Å²) in [5, 5.41) is 0. The van der Waals surface area contributed by atoms with Crippen LogP contribution in [0, 0.1) is 11.8 Å². The van der Waals surface area contributed by atoms with Crippen molar-refractivity contribution in [3.05, 3.63) is 24.3 Å². The Bertz CT molecular complexity index is 471. The van der Waals surface area contributed by atoms with Gasteiger partial charge in [0, 0.05) is 12.5 Å². The zero-order chi connectivity index (χ0) is 15.4. The van der Waals surface area contributed by atoms with Crippen molar-refractivity contribution in [2.24, 2.45) is 11.8 Å². The van der Waals surface area contributed by atoms with E-state index in [9.17, 15) is 0 Å². The molecule has 2 aliphatic heterocycles. The fraction of sp³-hybridized carbons (Fsp3) is 0.667. The SMILES string of the molecule is C[C@H]1COC(Oc2cccc(OCC3CCN(C)CC3)c2)C1. The van der Waals surface area contributed by atoms with Crippen molar-refractivity contribution < 1.29 is 14.2 Å². The van der Waals surface area contributed by atoms with Crippen LogP contribution < -0.4 is 9.47 Å². The van der Waals surface area contributed by atoms with Crippen LogP contribution in [0.4, 0.5) is 0 Å². The summed E-state index contributed by atoms with van der Waals surface area (Å²) in [5.41, 5.74) is 0. The van der Waals surface area contributed by atoms with E-state index in [2.05, 4.69) is 18.9 Å². The van der Waals surface area contributed by atoms with Crippen molar-refractivity contribution >= 4 is 0 Å². The van der Waals surface area contributed by atoms with Crippen LogP contribution in [0.1, 0.15) is 26.2 Å². The molecule has 2 heterocycles. The first kappa shape index (κ1) is 15.6. The molecule has 1 unspecified atom stereocenters. The van der Waals surface area contributed by atoms with Crippen molar-refractivity contribution in [2.45, 2.75) is 32.5 Å². The zero-order valence-corrected chi connectivity index (χ0v) is 13.7. The van der Waals surface area contributed by atoms with Crippen LogP contribution >= 0.6 is 0 Å². The Morgan fingerprint density at radius 1 is 1.23 bits per heavy atom. The number of hydrogen-bond donors (Lipinski definition) is 0. The maximum atomic E-state index is 5.97. The highest BCUT2D eigenvalue weighted by Gasteiger charge is 2.23. The van der Waals surface area contributed by atoms with Crippen LogP contribution in [0.25, 0.3) is 0 Å². The minimum Gasteiger partial charge on any atom is -0.493 e. The maximum Gasteiger partial charge on any atom is 0.200 e. The third-order valence-corrected chi connectivity index (χ3v) is 4.56. The van der Waals surface area contributed by atoms with E-state index < -0.39 is 0 Å². The molecule has 0 spiro atoms. The molecule has 2 aliphatic rings. The number of nitrogens with zero attached hydrogens (tertiary/aromatic N) is 1. The largest absolute Gasteiger partial charge is 0.493 e. The second-order valence-electron chi connectivity index (χ2n) is 6.75. The van der Waals surface area contributed by atoms with Crippen molar-refractivity contribution in [1.29, 1.82) is 0 Å². The lowest BCUT2D eigenvalue weighted by molar-refractivity contribution is -0.0394. The van der Waals surface area contributed by atoms with Crippen LogP contribution in [0.15, 0.2) is 24.3 Å². The monoisotopic (exact) mass is 305 g/mol. The Kier molecular flexibility index (Phi) is 5.21. The van der Waals surface area contributed by atoms with Gasteiger partial charge in [-0.15, -0.1) is 0 Å². The molecule has 22 heavy (non-hydrogen) atoms. The van der Waals surface area contributed by atoms with Gasteiger partial charge >= 0.3 is 0 Å². The van der Waals surface area contributed by atoms with Crippen molar-refractivity contribution in [3.8, 4) is 11.5 Å².